The van der Waals surface area contributed by atoms with E-state index in [9.17, 15) is 13.2 Å². The Bertz CT molecular complexity index is 526. The van der Waals surface area contributed by atoms with Crippen LogP contribution < -0.4 is 5.32 Å². The number of benzene rings is 2. The molecule has 0 aliphatic heterocycles. The summed E-state index contributed by atoms with van der Waals surface area (Å²) in [4.78, 5) is 0. The summed E-state index contributed by atoms with van der Waals surface area (Å²) < 4.78 is 39.0. The predicted octanol–water partition coefficient (Wildman–Crippen LogP) is 3.72. The van der Waals surface area contributed by atoms with Crippen molar-refractivity contribution in [2.45, 2.75) is 6.54 Å². The van der Waals surface area contributed by atoms with Crippen molar-refractivity contribution in [1.82, 2.24) is 0 Å². The Labute approximate surface area is 96.9 Å². The molecule has 2 aromatic carbocycles. The first-order valence-electron chi connectivity index (χ1n) is 5.09. The fraction of sp³-hybridized carbons (Fsp3) is 0.0769. The Morgan fingerprint density at radius 3 is 2.47 bits per heavy atom. The summed E-state index contributed by atoms with van der Waals surface area (Å²) in [7, 11) is 0. The molecule has 17 heavy (non-hydrogen) atoms. The highest BCUT2D eigenvalue weighted by Crippen LogP contribution is 2.17. The molecule has 0 aromatic heterocycles. The highest BCUT2D eigenvalue weighted by atomic mass is 19.2. The lowest BCUT2D eigenvalue weighted by molar-refractivity contribution is 0.511. The van der Waals surface area contributed by atoms with Gasteiger partial charge >= 0.3 is 0 Å². The Hall–Kier alpha value is -1.97. The van der Waals surface area contributed by atoms with E-state index >= 15 is 0 Å². The van der Waals surface area contributed by atoms with Crippen LogP contribution in [0.3, 0.4) is 0 Å². The maximum Gasteiger partial charge on any atom is 0.181 e. The topological polar surface area (TPSA) is 12.0 Å². The second-order valence-corrected chi connectivity index (χ2v) is 3.58. The van der Waals surface area contributed by atoms with Crippen LogP contribution in [0.5, 0.6) is 0 Å². The lowest BCUT2D eigenvalue weighted by atomic mass is 10.2. The molecule has 0 spiro atoms. The molecule has 1 nitrogen and oxygen atoms in total. The van der Waals surface area contributed by atoms with Crippen LogP contribution in [-0.2, 0) is 6.54 Å². The van der Waals surface area contributed by atoms with E-state index in [2.05, 4.69) is 5.32 Å². The van der Waals surface area contributed by atoms with Gasteiger partial charge in [0.15, 0.2) is 11.6 Å². The van der Waals surface area contributed by atoms with Crippen LogP contribution in [0.25, 0.3) is 0 Å². The molecule has 2 aromatic rings. The molecule has 0 saturated carbocycles. The van der Waals surface area contributed by atoms with Gasteiger partial charge in [-0.1, -0.05) is 18.2 Å². The van der Waals surface area contributed by atoms with Crippen LogP contribution in [0.15, 0.2) is 42.5 Å². The molecule has 4 heteroatoms. The lowest BCUT2D eigenvalue weighted by Crippen LogP contribution is -2.02. The summed E-state index contributed by atoms with van der Waals surface area (Å²) in [6.45, 7) is 0.234. The number of hydrogen-bond acceptors (Lipinski definition) is 1. The molecule has 0 aliphatic carbocycles. The minimum absolute atomic E-state index is 0.0641. The lowest BCUT2D eigenvalue weighted by Gasteiger charge is -2.07. The van der Waals surface area contributed by atoms with Crippen LogP contribution in [0.1, 0.15) is 5.56 Å². The summed E-state index contributed by atoms with van der Waals surface area (Å²) >= 11 is 0. The highest BCUT2D eigenvalue weighted by Gasteiger charge is 2.06. The molecule has 0 fully saturated rings. The van der Waals surface area contributed by atoms with E-state index in [1.54, 1.807) is 12.1 Å². The van der Waals surface area contributed by atoms with Crippen LogP contribution >= 0.6 is 0 Å². The Kier molecular flexibility index (Phi) is 3.32. The van der Waals surface area contributed by atoms with Crippen molar-refractivity contribution in [3.8, 4) is 0 Å². The quantitative estimate of drug-likeness (QED) is 0.857. The molecule has 0 amide bonds. The first-order chi connectivity index (χ1) is 8.16. The smallest absolute Gasteiger partial charge is 0.181 e. The Morgan fingerprint density at radius 1 is 0.941 bits per heavy atom. The van der Waals surface area contributed by atoms with E-state index in [1.807, 2.05) is 0 Å². The molecule has 2 rings (SSSR count). The summed E-state index contributed by atoms with van der Waals surface area (Å²) in [6, 6.07) is 9.81. The van der Waals surface area contributed by atoms with Gasteiger partial charge in [-0.3, -0.25) is 0 Å². The predicted molar refractivity (Wildman–Crippen MR) is 60.1 cm³/mol. The zero-order valence-electron chi connectivity index (χ0n) is 8.88. The van der Waals surface area contributed by atoms with Crippen LogP contribution in [0.4, 0.5) is 18.9 Å². The van der Waals surface area contributed by atoms with Crippen molar-refractivity contribution < 1.29 is 13.2 Å². The summed E-state index contributed by atoms with van der Waals surface area (Å²) in [6.07, 6.45) is 0. The molecule has 0 radical (unpaired) electrons. The highest BCUT2D eigenvalue weighted by molar-refractivity contribution is 5.45. The first-order valence-corrected chi connectivity index (χ1v) is 5.09. The van der Waals surface area contributed by atoms with Gasteiger partial charge in [-0.25, -0.2) is 13.2 Å². The van der Waals surface area contributed by atoms with Gasteiger partial charge in [-0.05, 0) is 29.8 Å². The number of rotatable bonds is 3. The van der Waals surface area contributed by atoms with Crippen LogP contribution in [-0.4, -0.2) is 0 Å². The monoisotopic (exact) mass is 237 g/mol. The fourth-order valence-electron chi connectivity index (χ4n) is 1.48. The van der Waals surface area contributed by atoms with E-state index in [0.717, 1.165) is 6.07 Å². The molecular formula is C13H10F3N. The standard InChI is InChI=1S/C13H10F3N/c14-10-4-1-3-9(7-10)8-17-12-6-2-5-11(15)13(12)16/h1-7,17H,8H2. The van der Waals surface area contributed by atoms with Gasteiger partial charge in [0.25, 0.3) is 0 Å². The molecule has 0 atom stereocenters. The molecular weight excluding hydrogens is 227 g/mol. The third-order valence-electron chi connectivity index (χ3n) is 2.32. The van der Waals surface area contributed by atoms with Gasteiger partial charge in [0.1, 0.15) is 5.82 Å². The van der Waals surface area contributed by atoms with Gasteiger partial charge in [-0.2, -0.15) is 0 Å². The fourth-order valence-corrected chi connectivity index (χ4v) is 1.48. The second kappa shape index (κ2) is 4.91. The Balaban J connectivity index is 2.10. The number of halogens is 3. The van der Waals surface area contributed by atoms with Gasteiger partial charge in [-0.15, -0.1) is 0 Å². The molecule has 0 aliphatic rings. The maximum atomic E-state index is 13.3. The molecule has 0 unspecified atom stereocenters. The third kappa shape index (κ3) is 2.78. The largest absolute Gasteiger partial charge is 0.379 e. The minimum atomic E-state index is -0.927. The van der Waals surface area contributed by atoms with E-state index in [-0.39, 0.29) is 18.0 Å². The Morgan fingerprint density at radius 2 is 1.71 bits per heavy atom. The summed E-state index contributed by atoms with van der Waals surface area (Å²) in [5.41, 5.74) is 0.725. The van der Waals surface area contributed by atoms with Gasteiger partial charge < -0.3 is 5.32 Å². The molecule has 88 valence electrons. The zero-order valence-corrected chi connectivity index (χ0v) is 8.88. The normalized spacial score (nSPS) is 10.3. The average molecular weight is 237 g/mol. The third-order valence-corrected chi connectivity index (χ3v) is 2.32. The molecule has 1 N–H and O–H groups in total. The molecule has 0 bridgehead atoms. The van der Waals surface area contributed by atoms with E-state index in [4.69, 9.17) is 0 Å². The maximum absolute atomic E-state index is 13.3. The van der Waals surface area contributed by atoms with Crippen LogP contribution in [0, 0.1) is 17.5 Å². The minimum Gasteiger partial charge on any atom is -0.379 e. The van der Waals surface area contributed by atoms with Gasteiger partial charge in [0.2, 0.25) is 0 Å². The van der Waals surface area contributed by atoms with Crippen molar-refractivity contribution in [2.24, 2.45) is 0 Å². The second-order valence-electron chi connectivity index (χ2n) is 3.58. The first kappa shape index (κ1) is 11.5. The summed E-state index contributed by atoms with van der Waals surface area (Å²) in [5.74, 6) is -2.19. The van der Waals surface area contributed by atoms with E-state index < -0.39 is 11.6 Å². The van der Waals surface area contributed by atoms with Crippen molar-refractivity contribution in [1.29, 1.82) is 0 Å². The zero-order chi connectivity index (χ0) is 12.3. The van der Waals surface area contributed by atoms with Crippen molar-refractivity contribution in [3.05, 3.63) is 65.5 Å². The van der Waals surface area contributed by atoms with Crippen LogP contribution in [0.2, 0.25) is 0 Å². The van der Waals surface area contributed by atoms with Crippen molar-refractivity contribution in [2.75, 3.05) is 5.32 Å². The average Bonchev–Trinajstić information content (AvgIpc) is 2.31. The van der Waals surface area contributed by atoms with Crippen molar-refractivity contribution >= 4 is 5.69 Å². The number of nitrogens with one attached hydrogen (secondary N) is 1. The van der Waals surface area contributed by atoms with Gasteiger partial charge in [0, 0.05) is 6.54 Å². The SMILES string of the molecule is Fc1cccc(CNc2cccc(F)c2F)c1. The van der Waals surface area contributed by atoms with Gasteiger partial charge in [0.05, 0.1) is 5.69 Å². The van der Waals surface area contributed by atoms with Crippen molar-refractivity contribution in [3.63, 3.8) is 0 Å². The number of hydrogen-bond donors (Lipinski definition) is 1. The van der Waals surface area contributed by atoms with E-state index in [1.165, 1.54) is 24.3 Å². The molecule has 0 heterocycles. The number of anilines is 1. The molecule has 0 saturated heterocycles. The summed E-state index contributed by atoms with van der Waals surface area (Å²) in [5, 5.41) is 2.72. The van der Waals surface area contributed by atoms with E-state index in [0.29, 0.717) is 5.56 Å².